The number of carbonyl (C=O) groups excluding carboxylic acids is 2. The molecule has 0 unspecified atom stereocenters. The summed E-state index contributed by atoms with van der Waals surface area (Å²) < 4.78 is 0. The van der Waals surface area contributed by atoms with Crippen molar-refractivity contribution in [2.75, 3.05) is 0 Å². The number of Topliss-reactive ketones (excluding diaryl/α,β-unsaturated/α-hetero) is 2. The van der Waals surface area contributed by atoms with E-state index in [0.29, 0.717) is 45.6 Å². The van der Waals surface area contributed by atoms with E-state index in [2.05, 4.69) is 0 Å². The van der Waals surface area contributed by atoms with Gasteiger partial charge in [-0.3, -0.25) is 39.8 Å². The average Bonchev–Trinajstić information content (AvgIpc) is 3.06. The molecule has 0 spiro atoms. The quantitative estimate of drug-likeness (QED) is 0.0838. The monoisotopic (exact) mass is 698 g/mol. The van der Waals surface area contributed by atoms with Crippen molar-refractivity contribution in [1.29, 1.82) is 0 Å². The Morgan fingerprint density at radius 3 is 1.20 bits per heavy atom. The summed E-state index contributed by atoms with van der Waals surface area (Å²) in [5, 5.41) is 32.0. The molecule has 248 valence electrons. The Bertz CT molecular complexity index is 1950. The predicted molar refractivity (Wildman–Crippen MR) is 185 cm³/mol. The first kappa shape index (κ1) is 35.8. The summed E-state index contributed by atoms with van der Waals surface area (Å²) in [6.07, 6.45) is 0. The van der Waals surface area contributed by atoms with Gasteiger partial charge < -0.3 is 10.6 Å². The first-order valence-corrected chi connectivity index (χ1v) is 14.7. The van der Waals surface area contributed by atoms with Crippen LogP contribution in [0.2, 0.25) is 0 Å². The van der Waals surface area contributed by atoms with Crippen LogP contribution < -0.4 is 0 Å². The number of nitrogens with zero attached hydrogens (tertiary/aromatic N) is 6. The Balaban J connectivity index is 0.00000541. The molecule has 13 heteroatoms. The molecule has 0 atom stereocenters. The van der Waals surface area contributed by atoms with Gasteiger partial charge in [-0.15, -0.1) is 22.8 Å². The second kappa shape index (κ2) is 15.2. The van der Waals surface area contributed by atoms with Crippen molar-refractivity contribution in [2.45, 2.75) is 27.7 Å². The van der Waals surface area contributed by atoms with Gasteiger partial charge in [0, 0.05) is 69.3 Å². The molecule has 0 bridgehead atoms. The van der Waals surface area contributed by atoms with Crippen LogP contribution in [-0.2, 0) is 16.5 Å². The summed E-state index contributed by atoms with van der Waals surface area (Å²) in [6, 6.07) is 24.5. The Morgan fingerprint density at radius 2 is 0.878 bits per heavy atom. The zero-order valence-corrected chi connectivity index (χ0v) is 27.7. The minimum absolute atomic E-state index is 0. The fraction of sp³-hybridized carbons (Fsp3) is 0.111. The van der Waals surface area contributed by atoms with Gasteiger partial charge >= 0.3 is 16.5 Å². The van der Waals surface area contributed by atoms with Crippen molar-refractivity contribution < 1.29 is 35.9 Å². The largest absolute Gasteiger partial charge is 2.00 e. The summed E-state index contributed by atoms with van der Waals surface area (Å²) in [5.41, 5.74) is 3.42. The van der Waals surface area contributed by atoms with Gasteiger partial charge in [-0.05, 0) is 50.2 Å². The van der Waals surface area contributed by atoms with Gasteiger partial charge in [-0.25, -0.2) is 0 Å². The predicted octanol–water partition coefficient (Wildman–Crippen LogP) is 9.72. The summed E-state index contributed by atoms with van der Waals surface area (Å²) in [4.78, 5) is 58.9. The van der Waals surface area contributed by atoms with Crippen LogP contribution in [0.5, 0.6) is 0 Å². The van der Waals surface area contributed by atoms with Crippen molar-refractivity contribution in [2.24, 2.45) is 9.98 Å². The maximum Gasteiger partial charge on any atom is 2.00 e. The van der Waals surface area contributed by atoms with E-state index in [1.54, 1.807) is 76.2 Å². The molecule has 0 fully saturated rings. The van der Waals surface area contributed by atoms with Crippen molar-refractivity contribution >= 4 is 57.1 Å². The number of nitro benzene ring substituents is 2. The average molecular weight is 699 g/mol. The summed E-state index contributed by atoms with van der Waals surface area (Å²) in [5.74, 6) is -0.865. The third kappa shape index (κ3) is 7.91. The van der Waals surface area contributed by atoms with Crippen LogP contribution in [0.15, 0.2) is 130 Å². The van der Waals surface area contributed by atoms with Crippen LogP contribution in [0.4, 0.5) is 34.1 Å². The summed E-state index contributed by atoms with van der Waals surface area (Å²) in [6.45, 7) is 6.67. The molecule has 0 saturated heterocycles. The molecule has 5 rings (SSSR count). The van der Waals surface area contributed by atoms with Gasteiger partial charge in [0.2, 0.25) is 0 Å². The van der Waals surface area contributed by atoms with Crippen LogP contribution in [0.1, 0.15) is 48.4 Å². The number of allylic oxidation sites excluding steroid dienone is 4. The molecule has 1 heterocycles. The topological polar surface area (TPSA) is 173 Å². The molecular weight excluding hydrogens is 671 g/mol. The Morgan fingerprint density at radius 1 is 0.551 bits per heavy atom. The van der Waals surface area contributed by atoms with E-state index < -0.39 is 21.4 Å². The number of ketones is 2. The van der Waals surface area contributed by atoms with Crippen LogP contribution in [0.25, 0.3) is 10.6 Å². The van der Waals surface area contributed by atoms with E-state index in [1.807, 2.05) is 0 Å². The van der Waals surface area contributed by atoms with Crippen molar-refractivity contribution in [3.63, 3.8) is 0 Å². The first-order valence-electron chi connectivity index (χ1n) is 14.7. The van der Waals surface area contributed by atoms with Crippen LogP contribution >= 0.6 is 0 Å². The maximum absolute atomic E-state index is 14.0. The molecule has 4 aromatic carbocycles. The standard InChI is InChI=1S/C36H30N6O6.Ni/c1-21-33(35(43)25-13-17-27(18-14-25)41(45)46)22(2)38-31-11-7-8-12-32(31)40-24(4)34(23(3)39-30-10-6-5-9-29(30)37-21)36(44)26-15-19-28(20-16-26)42(47)48;/h5-20H,1-4H3,(H2,37,38,39,40,43,44);/q;+2/p-2. The number of benzene rings is 4. The van der Waals surface area contributed by atoms with Crippen LogP contribution in [-0.4, -0.2) is 32.8 Å². The third-order valence-corrected chi connectivity index (χ3v) is 7.50. The fourth-order valence-electron chi connectivity index (χ4n) is 5.19. The van der Waals surface area contributed by atoms with Gasteiger partial charge in [0.05, 0.1) is 9.85 Å². The van der Waals surface area contributed by atoms with Gasteiger partial charge in [-0.2, -0.15) is 0 Å². The minimum Gasteiger partial charge on any atom is -0.659 e. The van der Waals surface area contributed by atoms with Gasteiger partial charge in [-0.1, -0.05) is 50.2 Å². The smallest absolute Gasteiger partial charge is 0.659 e. The van der Waals surface area contributed by atoms with Gasteiger partial charge in [0.25, 0.3) is 11.4 Å². The molecule has 0 radical (unpaired) electrons. The molecule has 0 saturated carbocycles. The zero-order chi connectivity index (χ0) is 34.5. The van der Waals surface area contributed by atoms with Crippen LogP contribution in [0.3, 0.4) is 0 Å². The Labute approximate surface area is 291 Å². The number of rotatable bonds is 6. The van der Waals surface area contributed by atoms with E-state index in [1.165, 1.54) is 48.5 Å². The maximum atomic E-state index is 14.0. The number of carbonyl (C=O) groups is 2. The van der Waals surface area contributed by atoms with E-state index in [-0.39, 0.29) is 50.1 Å². The van der Waals surface area contributed by atoms with Gasteiger partial charge in [0.15, 0.2) is 11.6 Å². The number of non-ortho nitro benzene ring substituents is 2. The second-order valence-electron chi connectivity index (χ2n) is 10.8. The van der Waals surface area contributed by atoms with E-state index in [0.717, 1.165) is 0 Å². The third-order valence-electron chi connectivity index (χ3n) is 7.50. The van der Waals surface area contributed by atoms with Crippen LogP contribution in [0, 0.1) is 20.2 Å². The molecule has 49 heavy (non-hydrogen) atoms. The zero-order valence-electron chi connectivity index (χ0n) is 26.7. The number of hydrogen-bond acceptors (Lipinski definition) is 8. The number of nitro groups is 2. The summed E-state index contributed by atoms with van der Waals surface area (Å²) >= 11 is 0. The van der Waals surface area contributed by atoms with E-state index in [4.69, 9.17) is 20.6 Å². The molecule has 0 aliphatic carbocycles. The molecule has 1 aliphatic rings. The molecule has 4 aromatic rings. The van der Waals surface area contributed by atoms with Gasteiger partial charge in [0.1, 0.15) is 0 Å². The number of hydrogen-bond donors (Lipinski definition) is 0. The number of fused-ring (bicyclic) bond motifs is 2. The second-order valence-corrected chi connectivity index (χ2v) is 10.8. The first-order chi connectivity index (χ1) is 22.9. The Hall–Kier alpha value is -6.07. The van der Waals surface area contributed by atoms with Crippen molar-refractivity contribution in [3.05, 3.63) is 162 Å². The van der Waals surface area contributed by atoms with Crippen molar-refractivity contribution in [1.82, 2.24) is 0 Å². The Kier molecular flexibility index (Phi) is 11.1. The SMILES string of the molecule is CC1=Nc2ccccc2[N-]/C(C)=C(/C(=O)c2ccc([N+](=O)[O-])cc2)C(C)=Nc2ccccc2[N-]/C(C)=C\1C(=O)c1ccc([N+](=O)[O-])cc1.[Ni+2]. The minimum atomic E-state index is -0.538. The molecular formula is C36H28N6NiO6. The molecule has 12 nitrogen and oxygen atoms in total. The van der Waals surface area contributed by atoms with Crippen molar-refractivity contribution in [3.8, 4) is 0 Å². The molecule has 0 amide bonds. The van der Waals surface area contributed by atoms with E-state index >= 15 is 0 Å². The van der Waals surface area contributed by atoms with E-state index in [9.17, 15) is 29.8 Å². The fourth-order valence-corrected chi connectivity index (χ4v) is 5.19. The molecule has 1 aliphatic heterocycles. The summed E-state index contributed by atoms with van der Waals surface area (Å²) in [7, 11) is 0. The molecule has 0 aromatic heterocycles. The number of para-hydroxylation sites is 4. The number of aliphatic imine (C=N–C) groups is 2. The molecule has 0 N–H and O–H groups in total. The normalized spacial score (nSPS) is 16.2.